The molecule has 3 rings (SSSR count). The number of hydrogen-bond donors (Lipinski definition) is 1. The summed E-state index contributed by atoms with van der Waals surface area (Å²) in [4.78, 5) is 2.58. The molecule has 0 amide bonds. The summed E-state index contributed by atoms with van der Waals surface area (Å²) in [7, 11) is -3.59. The van der Waals surface area contributed by atoms with Gasteiger partial charge in [-0.05, 0) is 55.1 Å². The molecule has 0 aliphatic carbocycles. The summed E-state index contributed by atoms with van der Waals surface area (Å²) in [6, 6.07) is 13.1. The Morgan fingerprint density at radius 3 is 2.45 bits per heavy atom. The van der Waals surface area contributed by atoms with Crippen LogP contribution < -0.4 is 4.72 Å². The van der Waals surface area contributed by atoms with E-state index in [2.05, 4.69) is 33.9 Å². The minimum Gasteiger partial charge on any atom is -0.299 e. The van der Waals surface area contributed by atoms with Crippen molar-refractivity contribution in [2.45, 2.75) is 43.5 Å². The number of benzene rings is 2. The third-order valence-corrected chi connectivity index (χ3v) is 7.27. The van der Waals surface area contributed by atoms with E-state index in [0.717, 1.165) is 51.7 Å². The largest absolute Gasteiger partial charge is 0.299 e. The molecule has 29 heavy (non-hydrogen) atoms. The Hall–Kier alpha value is -0.820. The van der Waals surface area contributed by atoms with Crippen LogP contribution in [-0.2, 0) is 23.0 Å². The molecule has 0 bridgehead atoms. The monoisotopic (exact) mass is 476 g/mol. The van der Waals surface area contributed by atoms with Crippen LogP contribution in [0.1, 0.15) is 36.8 Å². The average molecular weight is 478 g/mol. The molecule has 2 aromatic carbocycles. The van der Waals surface area contributed by atoms with Gasteiger partial charge in [0.2, 0.25) is 10.0 Å². The number of nitrogens with zero attached hydrogens (tertiary/aromatic N) is 1. The second-order valence-electron chi connectivity index (χ2n) is 7.18. The molecule has 1 aliphatic rings. The zero-order valence-corrected chi connectivity index (χ0v) is 19.4. The summed E-state index contributed by atoms with van der Waals surface area (Å²) in [6.45, 7) is 3.68. The van der Waals surface area contributed by atoms with Crippen molar-refractivity contribution in [3.05, 3.63) is 63.6 Å². The fourth-order valence-electron chi connectivity index (χ4n) is 3.54. The summed E-state index contributed by atoms with van der Waals surface area (Å²) in [5.41, 5.74) is 2.93. The quantitative estimate of drug-likeness (QED) is 0.498. The molecule has 0 spiro atoms. The molecular weight excluding hydrogens is 451 g/mol. The molecule has 8 heteroatoms. The number of sulfonamides is 1. The minimum atomic E-state index is -3.59. The van der Waals surface area contributed by atoms with Gasteiger partial charge in [-0.1, -0.05) is 60.3 Å². The fraction of sp³-hybridized carbons (Fsp3) is 0.429. The predicted octanol–water partition coefficient (Wildman–Crippen LogP) is 5.31. The first-order chi connectivity index (χ1) is 13.5. The van der Waals surface area contributed by atoms with Crippen LogP contribution in [0.3, 0.4) is 0 Å². The highest BCUT2D eigenvalue weighted by Gasteiger charge is 2.17. The third-order valence-electron chi connectivity index (χ3n) is 5.09. The molecule has 2 aromatic rings. The van der Waals surface area contributed by atoms with E-state index in [-0.39, 0.29) is 22.3 Å². The lowest BCUT2D eigenvalue weighted by molar-refractivity contribution is 0.248. The standard InChI is InChI=1S/C21H26Cl2N2O2S.ClH/c22-19-9-10-21(20(23)15-19)28(26,27)24-12-5-1-2-6-13-25-14-11-17-7-3-4-8-18(17)16-25;/h3-4,7-10,15,24H,1-2,5-6,11-14,16H2;1H. The Balaban J connectivity index is 0.00000300. The molecule has 0 saturated carbocycles. The van der Waals surface area contributed by atoms with Gasteiger partial charge in [-0.25, -0.2) is 13.1 Å². The van der Waals surface area contributed by atoms with E-state index >= 15 is 0 Å². The van der Waals surface area contributed by atoms with Crippen molar-refractivity contribution in [2.24, 2.45) is 0 Å². The zero-order valence-electron chi connectivity index (χ0n) is 16.2. The Bertz CT molecular complexity index is 907. The maximum atomic E-state index is 12.3. The number of hydrogen-bond acceptors (Lipinski definition) is 3. The molecule has 0 unspecified atom stereocenters. The Morgan fingerprint density at radius 2 is 1.69 bits per heavy atom. The van der Waals surface area contributed by atoms with Crippen LogP contribution in [0.5, 0.6) is 0 Å². The molecule has 160 valence electrons. The number of fused-ring (bicyclic) bond motifs is 1. The molecule has 0 atom stereocenters. The van der Waals surface area contributed by atoms with Crippen LogP contribution in [0.25, 0.3) is 0 Å². The minimum absolute atomic E-state index is 0. The van der Waals surface area contributed by atoms with Gasteiger partial charge in [-0.15, -0.1) is 12.4 Å². The lowest BCUT2D eigenvalue weighted by atomic mass is 10.00. The summed E-state index contributed by atoms with van der Waals surface area (Å²) in [5.74, 6) is 0. The fourth-order valence-corrected chi connectivity index (χ4v) is 5.38. The molecule has 0 fully saturated rings. The van der Waals surface area contributed by atoms with Crippen LogP contribution in [0, 0.1) is 0 Å². The van der Waals surface area contributed by atoms with E-state index in [1.54, 1.807) is 0 Å². The molecule has 1 aliphatic heterocycles. The maximum Gasteiger partial charge on any atom is 0.242 e. The Labute approximate surface area is 190 Å². The first kappa shape index (κ1) is 24.4. The molecule has 1 N–H and O–H groups in total. The van der Waals surface area contributed by atoms with Crippen molar-refractivity contribution in [3.63, 3.8) is 0 Å². The van der Waals surface area contributed by atoms with Crippen LogP contribution in [0.15, 0.2) is 47.4 Å². The van der Waals surface area contributed by atoms with E-state index < -0.39 is 10.0 Å². The van der Waals surface area contributed by atoms with Gasteiger partial charge in [0.25, 0.3) is 0 Å². The van der Waals surface area contributed by atoms with Crippen molar-refractivity contribution in [1.29, 1.82) is 0 Å². The predicted molar refractivity (Wildman–Crippen MR) is 123 cm³/mol. The van der Waals surface area contributed by atoms with Crippen molar-refractivity contribution in [2.75, 3.05) is 19.6 Å². The van der Waals surface area contributed by atoms with Crippen molar-refractivity contribution >= 4 is 45.6 Å². The molecule has 0 aromatic heterocycles. The average Bonchev–Trinajstić information content (AvgIpc) is 2.66. The molecular formula is C21H27Cl3N2O2S. The summed E-state index contributed by atoms with van der Waals surface area (Å²) >= 11 is 11.8. The number of rotatable bonds is 9. The van der Waals surface area contributed by atoms with E-state index in [9.17, 15) is 8.42 Å². The number of nitrogens with one attached hydrogen (secondary N) is 1. The first-order valence-electron chi connectivity index (χ1n) is 9.69. The third kappa shape index (κ3) is 7.12. The highest BCUT2D eigenvalue weighted by atomic mass is 35.5. The van der Waals surface area contributed by atoms with Gasteiger partial charge in [0.1, 0.15) is 4.90 Å². The van der Waals surface area contributed by atoms with Crippen molar-refractivity contribution < 1.29 is 8.42 Å². The highest BCUT2D eigenvalue weighted by molar-refractivity contribution is 7.89. The summed E-state index contributed by atoms with van der Waals surface area (Å²) in [5, 5.41) is 0.559. The van der Waals surface area contributed by atoms with Gasteiger partial charge >= 0.3 is 0 Å². The van der Waals surface area contributed by atoms with E-state index in [0.29, 0.717) is 11.6 Å². The van der Waals surface area contributed by atoms with Crippen molar-refractivity contribution in [3.8, 4) is 0 Å². The van der Waals surface area contributed by atoms with Crippen LogP contribution in [-0.4, -0.2) is 33.0 Å². The van der Waals surface area contributed by atoms with Gasteiger partial charge in [-0.3, -0.25) is 4.90 Å². The number of halogens is 3. The second kappa shape index (κ2) is 11.5. The topological polar surface area (TPSA) is 49.4 Å². The van der Waals surface area contributed by atoms with Gasteiger partial charge in [0.05, 0.1) is 5.02 Å². The highest BCUT2D eigenvalue weighted by Crippen LogP contribution is 2.24. The summed E-state index contributed by atoms with van der Waals surface area (Å²) in [6.07, 6.45) is 5.18. The van der Waals surface area contributed by atoms with Gasteiger partial charge in [0.15, 0.2) is 0 Å². The molecule has 0 saturated heterocycles. The van der Waals surface area contributed by atoms with Gasteiger partial charge in [-0.2, -0.15) is 0 Å². The Morgan fingerprint density at radius 1 is 0.966 bits per heavy atom. The summed E-state index contributed by atoms with van der Waals surface area (Å²) < 4.78 is 27.3. The Kier molecular flexibility index (Phi) is 9.73. The second-order valence-corrected chi connectivity index (χ2v) is 9.76. The lowest BCUT2D eigenvalue weighted by Crippen LogP contribution is -2.31. The van der Waals surface area contributed by atoms with Crippen LogP contribution >= 0.6 is 35.6 Å². The maximum absolute atomic E-state index is 12.3. The first-order valence-corrected chi connectivity index (χ1v) is 11.9. The smallest absolute Gasteiger partial charge is 0.242 e. The molecule has 0 radical (unpaired) electrons. The SMILES string of the molecule is Cl.O=S(=O)(NCCCCCCN1CCc2ccccc2C1)c1ccc(Cl)cc1Cl. The van der Waals surface area contributed by atoms with Crippen LogP contribution in [0.4, 0.5) is 0 Å². The zero-order chi connectivity index (χ0) is 20.0. The van der Waals surface area contributed by atoms with Crippen molar-refractivity contribution in [1.82, 2.24) is 9.62 Å². The lowest BCUT2D eigenvalue weighted by Gasteiger charge is -2.28. The van der Waals surface area contributed by atoms with Gasteiger partial charge < -0.3 is 0 Å². The number of unbranched alkanes of at least 4 members (excludes halogenated alkanes) is 3. The molecule has 1 heterocycles. The molecule has 4 nitrogen and oxygen atoms in total. The van der Waals surface area contributed by atoms with Gasteiger partial charge in [0, 0.05) is 24.7 Å². The van der Waals surface area contributed by atoms with E-state index in [1.165, 1.54) is 29.3 Å². The normalized spacial score (nSPS) is 14.3. The van der Waals surface area contributed by atoms with Crippen LogP contribution in [0.2, 0.25) is 10.0 Å². The van der Waals surface area contributed by atoms with E-state index in [1.807, 2.05) is 0 Å². The van der Waals surface area contributed by atoms with E-state index in [4.69, 9.17) is 23.2 Å².